The van der Waals surface area contributed by atoms with Crippen molar-refractivity contribution in [3.8, 4) is 0 Å². The van der Waals surface area contributed by atoms with Crippen molar-refractivity contribution in [3.05, 3.63) is 36.7 Å². The van der Waals surface area contributed by atoms with Gasteiger partial charge in [-0.3, -0.25) is 0 Å². The van der Waals surface area contributed by atoms with Gasteiger partial charge in [0, 0.05) is 31.0 Å². The maximum atomic E-state index is 4.22. The van der Waals surface area contributed by atoms with E-state index < -0.39 is 0 Å². The van der Waals surface area contributed by atoms with E-state index in [2.05, 4.69) is 32.8 Å². The second kappa shape index (κ2) is 6.58. The molecule has 0 bridgehead atoms. The Morgan fingerprint density at radius 1 is 1.05 bits per heavy atom. The van der Waals surface area contributed by atoms with Crippen LogP contribution in [0.2, 0.25) is 0 Å². The Balaban J connectivity index is 2.09. The Kier molecular flexibility index (Phi) is 4.55. The van der Waals surface area contributed by atoms with E-state index >= 15 is 0 Å². The van der Waals surface area contributed by atoms with Crippen molar-refractivity contribution in [2.24, 2.45) is 0 Å². The van der Waals surface area contributed by atoms with Crippen LogP contribution in [0.25, 0.3) is 0 Å². The van der Waals surface area contributed by atoms with Crippen LogP contribution in [0, 0.1) is 0 Å². The molecule has 0 atom stereocenters. The average molecular weight is 257 g/mol. The van der Waals surface area contributed by atoms with Gasteiger partial charge in [-0.1, -0.05) is 13.0 Å². The fraction of sp³-hybridized carbons (Fsp3) is 0.286. The molecule has 0 aliphatic heterocycles. The number of anilines is 4. The molecule has 5 nitrogen and oxygen atoms in total. The monoisotopic (exact) mass is 257 g/mol. The number of rotatable bonds is 6. The normalized spacial score (nSPS) is 10.0. The second-order valence-corrected chi connectivity index (χ2v) is 4.17. The molecule has 2 rings (SSSR count). The summed E-state index contributed by atoms with van der Waals surface area (Å²) >= 11 is 0. The van der Waals surface area contributed by atoms with E-state index in [9.17, 15) is 0 Å². The van der Waals surface area contributed by atoms with Gasteiger partial charge in [-0.05, 0) is 24.6 Å². The van der Waals surface area contributed by atoms with Gasteiger partial charge in [-0.2, -0.15) is 0 Å². The first-order valence-electron chi connectivity index (χ1n) is 6.42. The molecule has 1 heterocycles. The average Bonchev–Trinajstić information content (AvgIpc) is 2.46. The van der Waals surface area contributed by atoms with E-state index in [4.69, 9.17) is 0 Å². The van der Waals surface area contributed by atoms with Crippen molar-refractivity contribution in [1.29, 1.82) is 0 Å². The largest absolute Gasteiger partial charge is 0.388 e. The molecule has 100 valence electrons. The Bertz CT molecular complexity index is 527. The van der Waals surface area contributed by atoms with Crippen molar-refractivity contribution in [3.63, 3.8) is 0 Å². The van der Waals surface area contributed by atoms with Gasteiger partial charge < -0.3 is 16.0 Å². The predicted octanol–water partition coefficient (Wildman–Crippen LogP) is 3.08. The number of hydrogen-bond donors (Lipinski definition) is 3. The zero-order valence-electron chi connectivity index (χ0n) is 11.3. The van der Waals surface area contributed by atoms with Crippen LogP contribution in [0.4, 0.5) is 23.0 Å². The standard InChI is InChI=1S/C14H19N5/c1-3-7-16-13-9-14(18-10-17-13)19-12-6-4-5-11(8-12)15-2/h4-6,8-10,15H,3,7H2,1-2H3,(H2,16,17,18,19). The minimum Gasteiger partial charge on any atom is -0.388 e. The van der Waals surface area contributed by atoms with Crippen LogP contribution in [0.15, 0.2) is 36.7 Å². The van der Waals surface area contributed by atoms with Crippen molar-refractivity contribution >= 4 is 23.0 Å². The zero-order valence-corrected chi connectivity index (χ0v) is 11.3. The molecule has 0 amide bonds. The van der Waals surface area contributed by atoms with Gasteiger partial charge >= 0.3 is 0 Å². The molecule has 0 aliphatic carbocycles. The predicted molar refractivity (Wildman–Crippen MR) is 80.1 cm³/mol. The van der Waals surface area contributed by atoms with Crippen molar-refractivity contribution in [1.82, 2.24) is 9.97 Å². The number of nitrogens with zero attached hydrogens (tertiary/aromatic N) is 2. The molecule has 0 spiro atoms. The molecule has 0 saturated heterocycles. The Morgan fingerprint density at radius 2 is 1.84 bits per heavy atom. The SMILES string of the molecule is CCCNc1cc(Nc2cccc(NC)c2)ncn1. The lowest BCUT2D eigenvalue weighted by Gasteiger charge is -2.09. The van der Waals surface area contributed by atoms with Crippen LogP contribution in [-0.2, 0) is 0 Å². The van der Waals surface area contributed by atoms with E-state index in [0.29, 0.717) is 0 Å². The van der Waals surface area contributed by atoms with Gasteiger partial charge in [-0.25, -0.2) is 9.97 Å². The van der Waals surface area contributed by atoms with Crippen LogP contribution in [0.3, 0.4) is 0 Å². The summed E-state index contributed by atoms with van der Waals surface area (Å²) in [4.78, 5) is 8.39. The number of aromatic nitrogens is 2. The summed E-state index contributed by atoms with van der Waals surface area (Å²) in [5.41, 5.74) is 2.05. The molecule has 1 aromatic heterocycles. The Labute approximate surface area is 113 Å². The van der Waals surface area contributed by atoms with E-state index in [1.165, 1.54) is 0 Å². The van der Waals surface area contributed by atoms with Gasteiger partial charge in [0.25, 0.3) is 0 Å². The first kappa shape index (κ1) is 13.1. The summed E-state index contributed by atoms with van der Waals surface area (Å²) in [7, 11) is 1.90. The van der Waals surface area contributed by atoms with Gasteiger partial charge in [0.05, 0.1) is 0 Å². The number of hydrogen-bond acceptors (Lipinski definition) is 5. The van der Waals surface area contributed by atoms with Crippen LogP contribution in [0.5, 0.6) is 0 Å². The van der Waals surface area contributed by atoms with Gasteiger partial charge in [-0.15, -0.1) is 0 Å². The van der Waals surface area contributed by atoms with Crippen LogP contribution in [-0.4, -0.2) is 23.6 Å². The molecular weight excluding hydrogens is 238 g/mol. The number of nitrogens with one attached hydrogen (secondary N) is 3. The summed E-state index contributed by atoms with van der Waals surface area (Å²) in [5.74, 6) is 1.62. The maximum absolute atomic E-state index is 4.22. The van der Waals surface area contributed by atoms with Crippen LogP contribution >= 0.6 is 0 Å². The summed E-state index contributed by atoms with van der Waals surface area (Å²) < 4.78 is 0. The van der Waals surface area contributed by atoms with E-state index in [1.807, 2.05) is 37.4 Å². The Hall–Kier alpha value is -2.30. The quantitative estimate of drug-likeness (QED) is 0.742. The Morgan fingerprint density at radius 3 is 2.63 bits per heavy atom. The fourth-order valence-electron chi connectivity index (χ4n) is 1.68. The molecule has 0 saturated carbocycles. The van der Waals surface area contributed by atoms with Gasteiger partial charge in [0.2, 0.25) is 0 Å². The third-order valence-corrected chi connectivity index (χ3v) is 2.65. The minimum atomic E-state index is 0.779. The molecule has 5 heteroatoms. The smallest absolute Gasteiger partial charge is 0.135 e. The highest BCUT2D eigenvalue weighted by molar-refractivity contribution is 5.63. The highest BCUT2D eigenvalue weighted by Gasteiger charge is 1.99. The summed E-state index contributed by atoms with van der Waals surface area (Å²) in [5, 5.41) is 9.61. The first-order valence-corrected chi connectivity index (χ1v) is 6.42. The third-order valence-electron chi connectivity index (χ3n) is 2.65. The summed E-state index contributed by atoms with van der Waals surface area (Å²) in [6, 6.07) is 9.94. The van der Waals surface area contributed by atoms with Crippen molar-refractivity contribution < 1.29 is 0 Å². The molecule has 0 fully saturated rings. The van der Waals surface area contributed by atoms with Crippen molar-refractivity contribution in [2.75, 3.05) is 29.5 Å². The lowest BCUT2D eigenvalue weighted by molar-refractivity contribution is 0.965. The molecular formula is C14H19N5. The molecule has 19 heavy (non-hydrogen) atoms. The topological polar surface area (TPSA) is 61.9 Å². The third kappa shape index (κ3) is 3.84. The van der Waals surface area contributed by atoms with Crippen LogP contribution in [0.1, 0.15) is 13.3 Å². The molecule has 1 aromatic carbocycles. The van der Waals surface area contributed by atoms with Gasteiger partial charge in [0.15, 0.2) is 0 Å². The minimum absolute atomic E-state index is 0.779. The molecule has 0 aliphatic rings. The maximum Gasteiger partial charge on any atom is 0.135 e. The molecule has 0 unspecified atom stereocenters. The lowest BCUT2D eigenvalue weighted by atomic mass is 10.3. The molecule has 2 aromatic rings. The highest BCUT2D eigenvalue weighted by Crippen LogP contribution is 2.19. The zero-order chi connectivity index (χ0) is 13.5. The van der Waals surface area contributed by atoms with Crippen molar-refractivity contribution in [2.45, 2.75) is 13.3 Å². The van der Waals surface area contributed by atoms with E-state index in [0.717, 1.165) is 36.0 Å². The highest BCUT2D eigenvalue weighted by atomic mass is 15.1. The second-order valence-electron chi connectivity index (χ2n) is 4.17. The fourth-order valence-corrected chi connectivity index (χ4v) is 1.68. The summed E-state index contributed by atoms with van der Waals surface area (Å²) in [6.07, 6.45) is 2.62. The molecule has 3 N–H and O–H groups in total. The molecule has 0 radical (unpaired) electrons. The van der Waals surface area contributed by atoms with Gasteiger partial charge in [0.1, 0.15) is 18.0 Å². The van der Waals surface area contributed by atoms with Crippen LogP contribution < -0.4 is 16.0 Å². The number of benzene rings is 1. The van der Waals surface area contributed by atoms with E-state index in [-0.39, 0.29) is 0 Å². The van der Waals surface area contributed by atoms with E-state index in [1.54, 1.807) is 6.33 Å². The summed E-state index contributed by atoms with van der Waals surface area (Å²) in [6.45, 7) is 3.03. The lowest BCUT2D eigenvalue weighted by Crippen LogP contribution is -2.03. The first-order chi connectivity index (χ1) is 9.31.